The average Bonchev–Trinajstić information content (AvgIpc) is 3.05. The monoisotopic (exact) mass is 303 g/mol. The van der Waals surface area contributed by atoms with Crippen LogP contribution in [-0.4, -0.2) is 49.1 Å². The van der Waals surface area contributed by atoms with E-state index in [1.54, 1.807) is 7.11 Å². The third kappa shape index (κ3) is 3.22. The van der Waals surface area contributed by atoms with E-state index in [0.717, 1.165) is 23.2 Å². The summed E-state index contributed by atoms with van der Waals surface area (Å²) in [6, 6.07) is 6.44. The van der Waals surface area contributed by atoms with Crippen LogP contribution in [0.4, 0.5) is 6.01 Å². The van der Waals surface area contributed by atoms with Crippen LogP contribution in [0.25, 0.3) is 11.1 Å². The van der Waals surface area contributed by atoms with E-state index in [2.05, 4.69) is 10.3 Å². The minimum Gasteiger partial charge on any atom is -0.424 e. The van der Waals surface area contributed by atoms with E-state index in [1.165, 1.54) is 0 Å². The Hall–Kier alpha value is -2.08. The lowest BCUT2D eigenvalue weighted by molar-refractivity contribution is -0.128. The van der Waals surface area contributed by atoms with Crippen LogP contribution >= 0.6 is 0 Å². The molecule has 0 unspecified atom stereocenters. The average molecular weight is 303 g/mol. The molecular formula is C16H21N3O3. The van der Waals surface area contributed by atoms with Crippen molar-refractivity contribution < 1.29 is 13.9 Å². The standard InChI is InChI=1S/C16H21N3O3/c1-11-3-4-14-13(7-11)18-16(22-14)17-9-12-8-15(20)19(10-12)5-6-21-2/h3-4,7,12H,5-6,8-10H2,1-2H3,(H,17,18)/t12-/m0/s1. The second kappa shape index (κ2) is 6.36. The zero-order valence-corrected chi connectivity index (χ0v) is 13.0. The molecule has 0 spiro atoms. The molecule has 1 aliphatic heterocycles. The first-order chi connectivity index (χ1) is 10.7. The number of hydrogen-bond acceptors (Lipinski definition) is 5. The minimum absolute atomic E-state index is 0.192. The van der Waals surface area contributed by atoms with E-state index in [-0.39, 0.29) is 11.8 Å². The molecule has 6 heteroatoms. The van der Waals surface area contributed by atoms with Gasteiger partial charge in [-0.15, -0.1) is 0 Å². The maximum Gasteiger partial charge on any atom is 0.295 e. The minimum atomic E-state index is 0.192. The number of likely N-dealkylation sites (tertiary alicyclic amines) is 1. The molecule has 1 aromatic carbocycles. The van der Waals surface area contributed by atoms with Gasteiger partial charge < -0.3 is 19.4 Å². The molecule has 0 radical (unpaired) electrons. The highest BCUT2D eigenvalue weighted by atomic mass is 16.5. The van der Waals surface area contributed by atoms with Gasteiger partial charge in [0.25, 0.3) is 6.01 Å². The Balaban J connectivity index is 1.56. The molecule has 1 atom stereocenters. The molecule has 0 bridgehead atoms. The number of nitrogens with one attached hydrogen (secondary N) is 1. The first kappa shape index (κ1) is 14.8. The van der Waals surface area contributed by atoms with Crippen LogP contribution in [0.5, 0.6) is 0 Å². The summed E-state index contributed by atoms with van der Waals surface area (Å²) >= 11 is 0. The molecule has 3 rings (SSSR count). The lowest BCUT2D eigenvalue weighted by Gasteiger charge is -2.15. The highest BCUT2D eigenvalue weighted by molar-refractivity contribution is 5.78. The predicted octanol–water partition coefficient (Wildman–Crippen LogP) is 2.04. The topological polar surface area (TPSA) is 67.6 Å². The van der Waals surface area contributed by atoms with E-state index in [9.17, 15) is 4.79 Å². The fourth-order valence-electron chi connectivity index (χ4n) is 2.75. The van der Waals surface area contributed by atoms with Gasteiger partial charge in [0, 0.05) is 39.1 Å². The van der Waals surface area contributed by atoms with Crippen LogP contribution in [0.1, 0.15) is 12.0 Å². The number of aryl methyl sites for hydroxylation is 1. The summed E-state index contributed by atoms with van der Waals surface area (Å²) in [6.07, 6.45) is 0.566. The Labute approximate surface area is 129 Å². The van der Waals surface area contributed by atoms with Crippen molar-refractivity contribution in [2.24, 2.45) is 5.92 Å². The van der Waals surface area contributed by atoms with Crippen molar-refractivity contribution in [2.75, 3.05) is 38.7 Å². The molecule has 2 heterocycles. The summed E-state index contributed by atoms with van der Waals surface area (Å²) in [7, 11) is 1.65. The van der Waals surface area contributed by atoms with Gasteiger partial charge in [-0.05, 0) is 24.6 Å². The van der Waals surface area contributed by atoms with Gasteiger partial charge in [-0.25, -0.2) is 0 Å². The van der Waals surface area contributed by atoms with Crippen LogP contribution in [0.2, 0.25) is 0 Å². The van der Waals surface area contributed by atoms with Crippen LogP contribution in [0.15, 0.2) is 22.6 Å². The maximum atomic E-state index is 11.9. The molecule has 0 aliphatic carbocycles. The number of fused-ring (bicyclic) bond motifs is 1. The number of carbonyl (C=O) groups excluding carboxylic acids is 1. The van der Waals surface area contributed by atoms with Crippen LogP contribution in [0.3, 0.4) is 0 Å². The molecule has 118 valence electrons. The number of benzene rings is 1. The number of hydrogen-bond donors (Lipinski definition) is 1. The number of nitrogens with zero attached hydrogens (tertiary/aromatic N) is 2. The van der Waals surface area contributed by atoms with E-state index in [1.807, 2.05) is 30.0 Å². The number of ether oxygens (including phenoxy) is 1. The highest BCUT2D eigenvalue weighted by Gasteiger charge is 2.29. The fraction of sp³-hybridized carbons (Fsp3) is 0.500. The highest BCUT2D eigenvalue weighted by Crippen LogP contribution is 2.22. The largest absolute Gasteiger partial charge is 0.424 e. The second-order valence-electron chi connectivity index (χ2n) is 5.77. The van der Waals surface area contributed by atoms with Crippen molar-refractivity contribution in [3.05, 3.63) is 23.8 Å². The third-order valence-corrected chi connectivity index (χ3v) is 3.94. The molecule has 22 heavy (non-hydrogen) atoms. The Morgan fingerprint density at radius 3 is 3.18 bits per heavy atom. The Morgan fingerprint density at radius 2 is 2.36 bits per heavy atom. The Morgan fingerprint density at radius 1 is 1.50 bits per heavy atom. The first-order valence-electron chi connectivity index (χ1n) is 7.53. The normalized spacial score (nSPS) is 18.4. The van der Waals surface area contributed by atoms with E-state index in [0.29, 0.717) is 32.1 Å². The molecule has 1 saturated heterocycles. The second-order valence-corrected chi connectivity index (χ2v) is 5.77. The predicted molar refractivity (Wildman–Crippen MR) is 83.8 cm³/mol. The molecule has 0 saturated carbocycles. The Kier molecular flexibility index (Phi) is 4.29. The zero-order valence-electron chi connectivity index (χ0n) is 13.0. The molecule has 1 amide bonds. The fourth-order valence-corrected chi connectivity index (χ4v) is 2.75. The molecule has 2 aromatic rings. The summed E-state index contributed by atoms with van der Waals surface area (Å²) in [5.41, 5.74) is 2.78. The molecule has 1 N–H and O–H groups in total. The SMILES string of the molecule is COCCN1C[C@H](CNc2nc3cc(C)ccc3o2)CC1=O. The summed E-state index contributed by atoms with van der Waals surface area (Å²) in [5.74, 6) is 0.471. The summed E-state index contributed by atoms with van der Waals surface area (Å²) in [5, 5.41) is 3.20. The van der Waals surface area contributed by atoms with Gasteiger partial charge in [-0.2, -0.15) is 4.98 Å². The number of rotatable bonds is 6. The van der Waals surface area contributed by atoms with Crippen molar-refractivity contribution in [2.45, 2.75) is 13.3 Å². The van der Waals surface area contributed by atoms with Gasteiger partial charge in [0.1, 0.15) is 5.52 Å². The lowest BCUT2D eigenvalue weighted by Crippen LogP contribution is -2.29. The summed E-state index contributed by atoms with van der Waals surface area (Å²) < 4.78 is 10.7. The molecule has 1 aromatic heterocycles. The third-order valence-electron chi connectivity index (χ3n) is 3.94. The van der Waals surface area contributed by atoms with Crippen LogP contribution in [0, 0.1) is 12.8 Å². The van der Waals surface area contributed by atoms with E-state index in [4.69, 9.17) is 9.15 Å². The van der Waals surface area contributed by atoms with Gasteiger partial charge in [-0.1, -0.05) is 6.07 Å². The van der Waals surface area contributed by atoms with Crippen molar-refractivity contribution in [3.8, 4) is 0 Å². The molecular weight excluding hydrogens is 282 g/mol. The van der Waals surface area contributed by atoms with Crippen LogP contribution < -0.4 is 5.32 Å². The first-order valence-corrected chi connectivity index (χ1v) is 7.53. The maximum absolute atomic E-state index is 11.9. The number of aromatic nitrogens is 1. The smallest absolute Gasteiger partial charge is 0.295 e. The van der Waals surface area contributed by atoms with Crippen LogP contribution in [-0.2, 0) is 9.53 Å². The van der Waals surface area contributed by atoms with E-state index >= 15 is 0 Å². The Bertz CT molecular complexity index is 668. The number of methoxy groups -OCH3 is 1. The molecule has 1 aliphatic rings. The van der Waals surface area contributed by atoms with Gasteiger partial charge in [-0.3, -0.25) is 4.79 Å². The van der Waals surface area contributed by atoms with Gasteiger partial charge >= 0.3 is 0 Å². The van der Waals surface area contributed by atoms with Gasteiger partial charge in [0.05, 0.1) is 6.61 Å². The van der Waals surface area contributed by atoms with Gasteiger partial charge in [0.15, 0.2) is 5.58 Å². The summed E-state index contributed by atoms with van der Waals surface area (Å²) in [6.45, 7) is 4.71. The van der Waals surface area contributed by atoms with Crippen molar-refractivity contribution in [1.29, 1.82) is 0 Å². The number of oxazole rings is 1. The van der Waals surface area contributed by atoms with E-state index < -0.39 is 0 Å². The number of carbonyl (C=O) groups is 1. The zero-order chi connectivity index (χ0) is 15.5. The van der Waals surface area contributed by atoms with Crippen molar-refractivity contribution in [1.82, 2.24) is 9.88 Å². The van der Waals surface area contributed by atoms with Crippen molar-refractivity contribution in [3.63, 3.8) is 0 Å². The summed E-state index contributed by atoms with van der Waals surface area (Å²) in [4.78, 5) is 18.2. The molecule has 6 nitrogen and oxygen atoms in total. The molecule has 1 fully saturated rings. The number of anilines is 1. The van der Waals surface area contributed by atoms with Gasteiger partial charge in [0.2, 0.25) is 5.91 Å². The number of amides is 1. The quantitative estimate of drug-likeness (QED) is 0.884. The lowest BCUT2D eigenvalue weighted by atomic mass is 10.1. The van der Waals surface area contributed by atoms with Crippen molar-refractivity contribution >= 4 is 23.0 Å².